The smallest absolute Gasteiger partial charge is 0.251 e. The van der Waals surface area contributed by atoms with Gasteiger partial charge >= 0.3 is 0 Å². The van der Waals surface area contributed by atoms with E-state index >= 15 is 0 Å². The van der Waals surface area contributed by atoms with Gasteiger partial charge in [0.1, 0.15) is 0 Å². The maximum absolute atomic E-state index is 12.9. The number of nitrogens with one attached hydrogen (secondary N) is 1. The summed E-state index contributed by atoms with van der Waals surface area (Å²) in [5.74, 6) is 1.20. The van der Waals surface area contributed by atoms with Crippen LogP contribution in [0.2, 0.25) is 0 Å². The molecule has 3 aromatic carbocycles. The normalized spacial score (nSPS) is 11.5. The number of methoxy groups -OCH3 is 2. The van der Waals surface area contributed by atoms with E-state index in [1.54, 1.807) is 14.2 Å². The summed E-state index contributed by atoms with van der Waals surface area (Å²) in [7, 11) is 3.22. The van der Waals surface area contributed by atoms with Crippen molar-refractivity contribution in [3.63, 3.8) is 0 Å². The van der Waals surface area contributed by atoms with Crippen molar-refractivity contribution in [3.05, 3.63) is 93.1 Å². The van der Waals surface area contributed by atoms with Crippen LogP contribution < -0.4 is 14.8 Å². The molecule has 3 aromatic rings. The van der Waals surface area contributed by atoms with E-state index in [0.29, 0.717) is 23.5 Å². The number of amides is 1. The molecule has 4 nitrogen and oxygen atoms in total. The Kier molecular flexibility index (Phi) is 6.92. The number of ether oxygens (including phenoxy) is 2. The minimum Gasteiger partial charge on any atom is -0.493 e. The fraction of sp³-hybridized carbons (Fsp3) is 0.174. The van der Waals surface area contributed by atoms with Gasteiger partial charge in [0.2, 0.25) is 0 Å². The number of hydrogen-bond donors (Lipinski definition) is 1. The molecule has 0 aliphatic heterocycles. The first kappa shape index (κ1) is 20.2. The molecule has 0 saturated carbocycles. The van der Waals surface area contributed by atoms with E-state index in [1.165, 1.54) is 0 Å². The lowest BCUT2D eigenvalue weighted by Crippen LogP contribution is -2.30. The predicted octanol–water partition coefficient (Wildman–Crippen LogP) is 5.02. The zero-order chi connectivity index (χ0) is 19.9. The number of benzene rings is 3. The molecule has 0 bridgehead atoms. The van der Waals surface area contributed by atoms with Gasteiger partial charge < -0.3 is 14.8 Å². The zero-order valence-corrected chi connectivity index (χ0v) is 18.0. The summed E-state index contributed by atoms with van der Waals surface area (Å²) in [6.07, 6.45) is 0.673. The van der Waals surface area contributed by atoms with Crippen molar-refractivity contribution in [2.75, 3.05) is 14.2 Å². The SMILES string of the molecule is COc1ccc([C@H](Cc2ccccc2)NC(=O)c2cccc(I)c2)cc1OC. The Hall–Kier alpha value is -2.54. The summed E-state index contributed by atoms with van der Waals surface area (Å²) >= 11 is 2.21. The lowest BCUT2D eigenvalue weighted by Gasteiger charge is -2.21. The Labute approximate surface area is 179 Å². The molecule has 0 fully saturated rings. The quantitative estimate of drug-likeness (QED) is 0.476. The first-order chi connectivity index (χ1) is 13.6. The minimum atomic E-state index is -0.201. The van der Waals surface area contributed by atoms with Crippen LogP contribution in [-0.2, 0) is 6.42 Å². The lowest BCUT2D eigenvalue weighted by molar-refractivity contribution is 0.0936. The summed E-state index contributed by atoms with van der Waals surface area (Å²) in [5, 5.41) is 3.18. The van der Waals surface area contributed by atoms with Gasteiger partial charge in [-0.25, -0.2) is 0 Å². The second-order valence-corrected chi connectivity index (χ2v) is 7.59. The predicted molar refractivity (Wildman–Crippen MR) is 119 cm³/mol. The minimum absolute atomic E-state index is 0.103. The summed E-state index contributed by atoms with van der Waals surface area (Å²) < 4.78 is 11.8. The second kappa shape index (κ2) is 9.59. The zero-order valence-electron chi connectivity index (χ0n) is 15.8. The molecule has 0 heterocycles. The monoisotopic (exact) mass is 487 g/mol. The molecule has 144 valence electrons. The number of carbonyl (C=O) groups excluding carboxylic acids is 1. The highest BCUT2D eigenvalue weighted by Crippen LogP contribution is 2.31. The number of hydrogen-bond acceptors (Lipinski definition) is 3. The Balaban J connectivity index is 1.92. The molecule has 0 spiro atoms. The van der Waals surface area contributed by atoms with Crippen molar-refractivity contribution < 1.29 is 14.3 Å². The number of rotatable bonds is 7. The second-order valence-electron chi connectivity index (χ2n) is 6.34. The van der Waals surface area contributed by atoms with E-state index in [1.807, 2.05) is 60.7 Å². The van der Waals surface area contributed by atoms with Gasteiger partial charge in [-0.1, -0.05) is 42.5 Å². The Morgan fingerprint density at radius 2 is 1.68 bits per heavy atom. The van der Waals surface area contributed by atoms with E-state index in [9.17, 15) is 4.79 Å². The van der Waals surface area contributed by atoms with E-state index < -0.39 is 0 Å². The van der Waals surface area contributed by atoms with Gasteiger partial charge in [-0.3, -0.25) is 4.79 Å². The van der Waals surface area contributed by atoms with Gasteiger partial charge in [-0.15, -0.1) is 0 Å². The topological polar surface area (TPSA) is 47.6 Å². The third-order valence-electron chi connectivity index (χ3n) is 4.48. The molecule has 28 heavy (non-hydrogen) atoms. The van der Waals surface area contributed by atoms with Gasteiger partial charge in [0.05, 0.1) is 20.3 Å². The van der Waals surface area contributed by atoms with Crippen molar-refractivity contribution in [1.82, 2.24) is 5.32 Å². The molecule has 0 aromatic heterocycles. The average Bonchev–Trinajstić information content (AvgIpc) is 2.73. The first-order valence-corrected chi connectivity index (χ1v) is 10.0. The van der Waals surface area contributed by atoms with Crippen LogP contribution in [0.15, 0.2) is 72.8 Å². The third-order valence-corrected chi connectivity index (χ3v) is 5.16. The van der Waals surface area contributed by atoms with Gasteiger partial charge in [-0.05, 0) is 70.5 Å². The average molecular weight is 487 g/mol. The summed E-state index contributed by atoms with van der Waals surface area (Å²) in [6, 6.07) is 23.2. The molecule has 0 aliphatic carbocycles. The van der Waals surface area contributed by atoms with Crippen LogP contribution in [-0.4, -0.2) is 20.1 Å². The van der Waals surface area contributed by atoms with Crippen LogP contribution in [0.4, 0.5) is 0 Å². The molecular weight excluding hydrogens is 465 g/mol. The maximum Gasteiger partial charge on any atom is 0.251 e. The fourth-order valence-electron chi connectivity index (χ4n) is 3.04. The highest BCUT2D eigenvalue weighted by atomic mass is 127. The molecular formula is C23H22INO3. The third kappa shape index (κ3) is 5.04. The van der Waals surface area contributed by atoms with E-state index in [4.69, 9.17) is 9.47 Å². The molecule has 0 radical (unpaired) electrons. The fourth-order valence-corrected chi connectivity index (χ4v) is 3.59. The number of halogens is 1. The molecule has 1 amide bonds. The number of carbonyl (C=O) groups is 1. The van der Waals surface area contributed by atoms with E-state index in [-0.39, 0.29) is 11.9 Å². The van der Waals surface area contributed by atoms with Gasteiger partial charge in [0.15, 0.2) is 11.5 Å². The molecule has 5 heteroatoms. The first-order valence-electron chi connectivity index (χ1n) is 8.93. The van der Waals surface area contributed by atoms with Gasteiger partial charge in [0, 0.05) is 9.13 Å². The van der Waals surface area contributed by atoms with Crippen LogP contribution in [0.25, 0.3) is 0 Å². The van der Waals surface area contributed by atoms with Crippen molar-refractivity contribution in [2.45, 2.75) is 12.5 Å². The van der Waals surface area contributed by atoms with Gasteiger partial charge in [-0.2, -0.15) is 0 Å². The highest BCUT2D eigenvalue weighted by molar-refractivity contribution is 14.1. The lowest BCUT2D eigenvalue weighted by atomic mass is 9.98. The van der Waals surface area contributed by atoms with Crippen LogP contribution in [0.3, 0.4) is 0 Å². The Morgan fingerprint density at radius 3 is 2.36 bits per heavy atom. The largest absolute Gasteiger partial charge is 0.493 e. The van der Waals surface area contributed by atoms with Crippen LogP contribution in [0, 0.1) is 3.57 Å². The molecule has 0 aliphatic rings. The molecule has 0 unspecified atom stereocenters. The van der Waals surface area contributed by atoms with E-state index in [0.717, 1.165) is 14.7 Å². The van der Waals surface area contributed by atoms with Gasteiger partial charge in [0.25, 0.3) is 5.91 Å². The van der Waals surface area contributed by atoms with Crippen molar-refractivity contribution in [1.29, 1.82) is 0 Å². The molecule has 3 rings (SSSR count). The van der Waals surface area contributed by atoms with Crippen LogP contribution >= 0.6 is 22.6 Å². The Bertz CT molecular complexity index is 944. The van der Waals surface area contributed by atoms with Crippen molar-refractivity contribution >= 4 is 28.5 Å². The van der Waals surface area contributed by atoms with E-state index in [2.05, 4.69) is 40.0 Å². The standard InChI is InChI=1S/C23H22INO3/c1-27-21-12-11-17(15-22(21)28-2)20(13-16-7-4-3-5-8-16)25-23(26)18-9-6-10-19(24)14-18/h3-12,14-15,20H,13H2,1-2H3,(H,25,26)/t20-/m0/s1. The molecule has 1 N–H and O–H groups in total. The summed E-state index contributed by atoms with van der Waals surface area (Å²) in [5.41, 5.74) is 2.75. The Morgan fingerprint density at radius 1 is 0.929 bits per heavy atom. The van der Waals surface area contributed by atoms with Crippen molar-refractivity contribution in [3.8, 4) is 11.5 Å². The van der Waals surface area contributed by atoms with Crippen LogP contribution in [0.5, 0.6) is 11.5 Å². The summed E-state index contributed by atoms with van der Waals surface area (Å²) in [4.78, 5) is 12.9. The van der Waals surface area contributed by atoms with Crippen LogP contribution in [0.1, 0.15) is 27.5 Å². The molecule has 0 saturated heterocycles. The van der Waals surface area contributed by atoms with Crippen molar-refractivity contribution in [2.24, 2.45) is 0 Å². The summed E-state index contributed by atoms with van der Waals surface area (Å²) in [6.45, 7) is 0. The highest BCUT2D eigenvalue weighted by Gasteiger charge is 2.18. The maximum atomic E-state index is 12.9. The molecule has 1 atom stereocenters.